The standard InChI is InChI=1S/C20H16F2N2O3/c1-11-9-15(14-5-3-4-6-17(14)23-11)20(26)27-12(2)19(25)24-18-10-13(21)7-8-16(18)22/h3-10,12H,1-2H3,(H,24,25)/t12-/m0/s1. The van der Waals surface area contributed by atoms with Gasteiger partial charge in [-0.2, -0.15) is 0 Å². The van der Waals surface area contributed by atoms with Crippen LogP contribution in [0.2, 0.25) is 0 Å². The molecule has 1 atom stereocenters. The molecule has 138 valence electrons. The number of hydrogen-bond acceptors (Lipinski definition) is 4. The van der Waals surface area contributed by atoms with E-state index in [2.05, 4.69) is 10.3 Å². The van der Waals surface area contributed by atoms with E-state index in [0.717, 1.165) is 18.2 Å². The molecule has 3 aromatic rings. The third-order valence-corrected chi connectivity index (χ3v) is 3.90. The fourth-order valence-corrected chi connectivity index (χ4v) is 2.58. The van der Waals surface area contributed by atoms with E-state index in [1.54, 1.807) is 37.3 Å². The summed E-state index contributed by atoms with van der Waals surface area (Å²) in [6.45, 7) is 3.09. The zero-order valence-electron chi connectivity index (χ0n) is 14.6. The van der Waals surface area contributed by atoms with Gasteiger partial charge in [0, 0.05) is 17.1 Å². The molecule has 0 aliphatic heterocycles. The average Bonchev–Trinajstić information content (AvgIpc) is 2.63. The van der Waals surface area contributed by atoms with Gasteiger partial charge in [0.15, 0.2) is 6.10 Å². The van der Waals surface area contributed by atoms with Crippen LogP contribution in [0.3, 0.4) is 0 Å². The Bertz CT molecular complexity index is 1040. The largest absolute Gasteiger partial charge is 0.449 e. The van der Waals surface area contributed by atoms with E-state index in [4.69, 9.17) is 4.74 Å². The van der Waals surface area contributed by atoms with E-state index in [9.17, 15) is 18.4 Å². The molecule has 0 saturated heterocycles. The molecule has 1 N–H and O–H groups in total. The van der Waals surface area contributed by atoms with Crippen LogP contribution in [0.4, 0.5) is 14.5 Å². The van der Waals surface area contributed by atoms with Crippen LogP contribution in [-0.2, 0) is 9.53 Å². The number of benzene rings is 2. The molecular weight excluding hydrogens is 354 g/mol. The second kappa shape index (κ2) is 7.49. The van der Waals surface area contributed by atoms with Crippen LogP contribution in [0.25, 0.3) is 10.9 Å². The third-order valence-electron chi connectivity index (χ3n) is 3.90. The molecule has 7 heteroatoms. The predicted molar refractivity (Wildman–Crippen MR) is 96.3 cm³/mol. The van der Waals surface area contributed by atoms with Gasteiger partial charge in [0.2, 0.25) is 0 Å². The summed E-state index contributed by atoms with van der Waals surface area (Å²) >= 11 is 0. The minimum atomic E-state index is -1.22. The molecule has 2 aromatic carbocycles. The normalized spacial score (nSPS) is 11.9. The van der Waals surface area contributed by atoms with Crippen molar-refractivity contribution < 1.29 is 23.1 Å². The minimum absolute atomic E-state index is 0.273. The van der Waals surface area contributed by atoms with Gasteiger partial charge in [0.1, 0.15) is 11.6 Å². The number of carbonyl (C=O) groups excluding carboxylic acids is 2. The molecule has 0 aliphatic carbocycles. The topological polar surface area (TPSA) is 68.3 Å². The van der Waals surface area contributed by atoms with Crippen molar-refractivity contribution in [1.29, 1.82) is 0 Å². The van der Waals surface area contributed by atoms with Gasteiger partial charge in [-0.1, -0.05) is 18.2 Å². The Balaban J connectivity index is 1.78. The first-order chi connectivity index (χ1) is 12.8. The molecule has 27 heavy (non-hydrogen) atoms. The third kappa shape index (κ3) is 4.08. The predicted octanol–water partition coefficient (Wildman–Crippen LogP) is 4.01. The Morgan fingerprint density at radius 2 is 1.85 bits per heavy atom. The van der Waals surface area contributed by atoms with Crippen molar-refractivity contribution in [3.63, 3.8) is 0 Å². The smallest absolute Gasteiger partial charge is 0.339 e. The Labute approximate surface area is 154 Å². The highest BCUT2D eigenvalue weighted by Crippen LogP contribution is 2.20. The van der Waals surface area contributed by atoms with Crippen molar-refractivity contribution in [1.82, 2.24) is 4.98 Å². The summed E-state index contributed by atoms with van der Waals surface area (Å²) in [4.78, 5) is 29.1. The molecule has 5 nitrogen and oxygen atoms in total. The summed E-state index contributed by atoms with van der Waals surface area (Å²) in [6.07, 6.45) is -1.22. The van der Waals surface area contributed by atoms with E-state index < -0.39 is 29.6 Å². The van der Waals surface area contributed by atoms with Crippen molar-refractivity contribution in [2.24, 2.45) is 0 Å². The van der Waals surface area contributed by atoms with E-state index in [-0.39, 0.29) is 11.3 Å². The second-order valence-corrected chi connectivity index (χ2v) is 5.99. The number of anilines is 1. The number of rotatable bonds is 4. The summed E-state index contributed by atoms with van der Waals surface area (Å²) < 4.78 is 32.1. The summed E-state index contributed by atoms with van der Waals surface area (Å²) in [6, 6.07) is 11.3. The van der Waals surface area contributed by atoms with Crippen LogP contribution >= 0.6 is 0 Å². The van der Waals surface area contributed by atoms with E-state index in [1.165, 1.54) is 6.92 Å². The molecule has 0 spiro atoms. The van der Waals surface area contributed by atoms with Crippen molar-refractivity contribution in [3.05, 3.63) is 71.4 Å². The maximum Gasteiger partial charge on any atom is 0.339 e. The van der Waals surface area contributed by atoms with Crippen LogP contribution < -0.4 is 5.32 Å². The van der Waals surface area contributed by atoms with Gasteiger partial charge in [0.05, 0.1) is 16.8 Å². The molecule has 0 saturated carbocycles. The molecule has 1 heterocycles. The van der Waals surface area contributed by atoms with Crippen molar-refractivity contribution in [2.45, 2.75) is 20.0 Å². The number of carbonyl (C=O) groups is 2. The molecule has 1 aromatic heterocycles. The van der Waals surface area contributed by atoms with Gasteiger partial charge in [0.25, 0.3) is 5.91 Å². The van der Waals surface area contributed by atoms with Gasteiger partial charge >= 0.3 is 5.97 Å². The molecule has 0 radical (unpaired) electrons. The van der Waals surface area contributed by atoms with Gasteiger partial charge < -0.3 is 10.1 Å². The van der Waals surface area contributed by atoms with Crippen LogP contribution in [0.15, 0.2) is 48.5 Å². The van der Waals surface area contributed by atoms with Gasteiger partial charge in [-0.25, -0.2) is 13.6 Å². The molecule has 0 fully saturated rings. The molecule has 0 unspecified atom stereocenters. The van der Waals surface area contributed by atoms with E-state index in [0.29, 0.717) is 16.6 Å². The van der Waals surface area contributed by atoms with Gasteiger partial charge in [-0.15, -0.1) is 0 Å². The Kier molecular flexibility index (Phi) is 5.12. The Morgan fingerprint density at radius 1 is 1.11 bits per heavy atom. The summed E-state index contributed by atoms with van der Waals surface area (Å²) in [5, 5.41) is 2.81. The van der Waals surface area contributed by atoms with E-state index >= 15 is 0 Å². The van der Waals surface area contributed by atoms with Crippen LogP contribution in [-0.4, -0.2) is 23.0 Å². The molecule has 3 rings (SSSR count). The SMILES string of the molecule is Cc1cc(C(=O)O[C@@H](C)C(=O)Nc2cc(F)ccc2F)c2ccccc2n1. The Hall–Kier alpha value is -3.35. The number of nitrogens with one attached hydrogen (secondary N) is 1. The lowest BCUT2D eigenvalue weighted by Gasteiger charge is -2.15. The Morgan fingerprint density at radius 3 is 2.63 bits per heavy atom. The molecule has 0 bridgehead atoms. The molecule has 0 aliphatic rings. The number of para-hydroxylation sites is 1. The zero-order valence-corrected chi connectivity index (χ0v) is 14.6. The van der Waals surface area contributed by atoms with Gasteiger partial charge in [-0.05, 0) is 38.1 Å². The quantitative estimate of drug-likeness (QED) is 0.705. The molecular formula is C20H16F2N2O3. The lowest BCUT2D eigenvalue weighted by atomic mass is 10.1. The number of aromatic nitrogens is 1. The number of fused-ring (bicyclic) bond motifs is 1. The number of ether oxygens (including phenoxy) is 1. The van der Waals surface area contributed by atoms with Crippen molar-refractivity contribution in [3.8, 4) is 0 Å². The fourth-order valence-electron chi connectivity index (χ4n) is 2.58. The van der Waals surface area contributed by atoms with Crippen LogP contribution in [0.1, 0.15) is 23.0 Å². The maximum atomic E-state index is 13.6. The summed E-state index contributed by atoms with van der Waals surface area (Å²) in [5.41, 5.74) is 1.20. The number of nitrogens with zero attached hydrogens (tertiary/aromatic N) is 1. The second-order valence-electron chi connectivity index (χ2n) is 5.99. The number of aryl methyl sites for hydroxylation is 1. The zero-order chi connectivity index (χ0) is 19.6. The van der Waals surface area contributed by atoms with Crippen molar-refractivity contribution >= 4 is 28.5 Å². The van der Waals surface area contributed by atoms with Crippen LogP contribution in [0, 0.1) is 18.6 Å². The fraction of sp³-hybridized carbons (Fsp3) is 0.150. The minimum Gasteiger partial charge on any atom is -0.449 e. The average molecular weight is 370 g/mol. The van der Waals surface area contributed by atoms with Crippen LogP contribution in [0.5, 0.6) is 0 Å². The number of amides is 1. The summed E-state index contributed by atoms with van der Waals surface area (Å²) in [5.74, 6) is -2.98. The van der Waals surface area contributed by atoms with E-state index in [1.807, 2.05) is 0 Å². The first-order valence-electron chi connectivity index (χ1n) is 8.18. The highest BCUT2D eigenvalue weighted by Gasteiger charge is 2.22. The first-order valence-corrected chi connectivity index (χ1v) is 8.18. The lowest BCUT2D eigenvalue weighted by molar-refractivity contribution is -0.123. The highest BCUT2D eigenvalue weighted by molar-refractivity contribution is 6.05. The van der Waals surface area contributed by atoms with Crippen molar-refractivity contribution in [2.75, 3.05) is 5.32 Å². The summed E-state index contributed by atoms with van der Waals surface area (Å²) in [7, 11) is 0. The monoisotopic (exact) mass is 370 g/mol. The lowest BCUT2D eigenvalue weighted by Crippen LogP contribution is -2.30. The number of pyridine rings is 1. The number of halogens is 2. The maximum absolute atomic E-state index is 13.6. The first kappa shape index (κ1) is 18.4. The highest BCUT2D eigenvalue weighted by atomic mass is 19.1. The van der Waals surface area contributed by atoms with Gasteiger partial charge in [-0.3, -0.25) is 9.78 Å². The molecule has 1 amide bonds. The number of esters is 1. The number of hydrogen-bond donors (Lipinski definition) is 1.